The number of aliphatic hydroxyl groups excluding tert-OH is 2. The number of allylic oxidation sites excluding steroid dienone is 4. The number of hydrogen-bond donors (Lipinski definition) is 11. The van der Waals surface area contributed by atoms with E-state index in [0.29, 0.717) is 41.8 Å². The highest BCUT2D eigenvalue weighted by Gasteiger charge is 2.48. The summed E-state index contributed by atoms with van der Waals surface area (Å²) in [4.78, 5) is 103. The molecule has 70 heavy (non-hydrogen) atoms. The summed E-state index contributed by atoms with van der Waals surface area (Å²) < 4.78 is 6.03. The highest BCUT2D eigenvalue weighted by Crippen LogP contribution is 2.46. The van der Waals surface area contributed by atoms with Crippen molar-refractivity contribution in [3.8, 4) is 0 Å². The van der Waals surface area contributed by atoms with Crippen molar-refractivity contribution in [1.82, 2.24) is 31.9 Å². The van der Waals surface area contributed by atoms with Gasteiger partial charge in [0.05, 0.1) is 30.8 Å². The van der Waals surface area contributed by atoms with E-state index in [1.807, 2.05) is 6.92 Å². The molecule has 380 valence electrons. The molecule has 0 saturated heterocycles. The Hall–Kier alpha value is -6.32. The molecule has 1 aliphatic heterocycles. The molecule has 21 heteroatoms. The van der Waals surface area contributed by atoms with Gasteiger partial charge in [-0.25, -0.2) is 4.79 Å². The number of aliphatic hydroxyl groups is 2. The minimum Gasteiger partial charge on any atom is -0.508 e. The molecular weight excluding hydrogens is 943 g/mol. The van der Waals surface area contributed by atoms with E-state index < -0.39 is 83.1 Å². The molecule has 3 aliphatic rings. The van der Waals surface area contributed by atoms with Gasteiger partial charge >= 0.3 is 5.97 Å². The lowest BCUT2D eigenvalue weighted by Crippen LogP contribution is -2.52. The van der Waals surface area contributed by atoms with Gasteiger partial charge in [0.1, 0.15) is 17.6 Å². The van der Waals surface area contributed by atoms with Crippen LogP contribution < -0.4 is 37.2 Å². The minimum absolute atomic E-state index is 0.0103. The lowest BCUT2D eigenvalue weighted by atomic mass is 9.64. The van der Waals surface area contributed by atoms with Crippen LogP contribution in [0.2, 0.25) is 0 Å². The van der Waals surface area contributed by atoms with Crippen molar-refractivity contribution < 1.29 is 58.4 Å². The first-order chi connectivity index (χ1) is 32.8. The predicted molar refractivity (Wildman–Crippen MR) is 269 cm³/mol. The number of carbonyl (C=O) groups excluding carboxylic acids is 7. The van der Waals surface area contributed by atoms with Crippen LogP contribution in [0.5, 0.6) is 0 Å². The van der Waals surface area contributed by atoms with Crippen molar-refractivity contribution in [1.29, 1.82) is 0 Å². The number of aromatic carboxylic acids is 1. The average molecular weight is 1010 g/mol. The maximum absolute atomic E-state index is 13.9. The van der Waals surface area contributed by atoms with Gasteiger partial charge in [-0.05, 0) is 99.3 Å². The van der Waals surface area contributed by atoms with Gasteiger partial charge in [0.25, 0.3) is 0 Å². The lowest BCUT2D eigenvalue weighted by molar-refractivity contribution is -0.142. The third kappa shape index (κ3) is 15.1. The number of benzene rings is 1. The van der Waals surface area contributed by atoms with E-state index in [2.05, 4.69) is 49.8 Å². The molecule has 0 bridgehead atoms. The molecule has 0 radical (unpaired) electrons. The molecular formula is C49H65N7O12S2. The number of carbonyl (C=O) groups is 8. The zero-order chi connectivity index (χ0) is 52.1. The molecule has 10 N–H and O–H groups in total. The Kier molecular flexibility index (Phi) is 19.7. The number of ether oxygens (including phenoxy) is 1. The van der Waals surface area contributed by atoms with Gasteiger partial charge in [0, 0.05) is 64.9 Å². The molecule has 0 fully saturated rings. The number of thiocarbonyl (C=S) groups is 1. The van der Waals surface area contributed by atoms with E-state index in [-0.39, 0.29) is 71.4 Å². The molecule has 6 unspecified atom stereocenters. The third-order valence-electron chi connectivity index (χ3n) is 12.3. The van der Waals surface area contributed by atoms with Crippen LogP contribution in [0.3, 0.4) is 0 Å². The fraction of sp³-hybridized carbons (Fsp3) is 0.490. The molecule has 0 aromatic heterocycles. The Morgan fingerprint density at radius 2 is 1.54 bits per heavy atom. The van der Waals surface area contributed by atoms with E-state index >= 15 is 0 Å². The highest BCUT2D eigenvalue weighted by molar-refractivity contribution is 7.80. The van der Waals surface area contributed by atoms with E-state index in [4.69, 9.17) is 17.0 Å². The SMILES string of the molecule is CCC(C)(CC(C)(CC(C)(C)C(=O)NCC(=O)NCC(=O)NC(CS)C(C)=O)C(=O)NCC(C)O)C(=O)NCCCNC(=S)Nc1ccc(C2=C3C=CC(=O)C=C3OC3C=C(O)C=CC23)c(C(=O)O)c1. The summed E-state index contributed by atoms with van der Waals surface area (Å²) in [6, 6.07) is 3.97. The summed E-state index contributed by atoms with van der Waals surface area (Å²) in [7, 11) is 0. The van der Waals surface area contributed by atoms with Crippen LogP contribution in [0.4, 0.5) is 5.69 Å². The third-order valence-corrected chi connectivity index (χ3v) is 12.9. The van der Waals surface area contributed by atoms with Crippen molar-refractivity contribution in [2.75, 3.05) is 43.8 Å². The van der Waals surface area contributed by atoms with Gasteiger partial charge in [-0.15, -0.1) is 0 Å². The van der Waals surface area contributed by atoms with Crippen LogP contribution in [0.15, 0.2) is 71.7 Å². The van der Waals surface area contributed by atoms with Crippen molar-refractivity contribution in [2.24, 2.45) is 22.2 Å². The summed E-state index contributed by atoms with van der Waals surface area (Å²) in [5, 5.41) is 49.8. The molecule has 4 rings (SSSR count). The van der Waals surface area contributed by atoms with Crippen LogP contribution in [0.25, 0.3) is 5.57 Å². The maximum atomic E-state index is 13.9. The first-order valence-corrected chi connectivity index (χ1v) is 23.9. The van der Waals surface area contributed by atoms with E-state index in [0.717, 1.165) is 0 Å². The second kappa shape index (κ2) is 24.5. The first-order valence-electron chi connectivity index (χ1n) is 22.9. The van der Waals surface area contributed by atoms with Crippen LogP contribution in [0, 0.1) is 22.2 Å². The number of carboxylic acid groups (broad SMARTS) is 1. The van der Waals surface area contributed by atoms with Gasteiger partial charge in [-0.2, -0.15) is 12.6 Å². The molecule has 0 spiro atoms. The average Bonchev–Trinajstić information content (AvgIpc) is 3.29. The fourth-order valence-corrected chi connectivity index (χ4v) is 9.09. The van der Waals surface area contributed by atoms with Crippen molar-refractivity contribution in [2.45, 2.75) is 92.4 Å². The largest absolute Gasteiger partial charge is 0.508 e. The van der Waals surface area contributed by atoms with E-state index in [1.54, 1.807) is 52.0 Å². The number of fused-ring (bicyclic) bond motifs is 2. The van der Waals surface area contributed by atoms with E-state index in [1.165, 1.54) is 44.2 Å². The number of carboxylic acids is 1. The molecule has 2 aliphatic carbocycles. The molecule has 1 aromatic carbocycles. The van der Waals surface area contributed by atoms with Crippen molar-refractivity contribution in [3.63, 3.8) is 0 Å². The number of thiol groups is 1. The Morgan fingerprint density at radius 3 is 2.19 bits per heavy atom. The van der Waals surface area contributed by atoms with Gasteiger partial charge in [-0.1, -0.05) is 46.8 Å². The van der Waals surface area contributed by atoms with E-state index in [9.17, 15) is 53.7 Å². The monoisotopic (exact) mass is 1010 g/mol. The zero-order valence-corrected chi connectivity index (χ0v) is 42.2. The summed E-state index contributed by atoms with van der Waals surface area (Å²) in [5.41, 5.74) is -1.76. The molecule has 19 nitrogen and oxygen atoms in total. The van der Waals surface area contributed by atoms with Crippen LogP contribution in [-0.4, -0.2) is 124 Å². The van der Waals surface area contributed by atoms with Crippen molar-refractivity contribution >= 4 is 88.3 Å². The van der Waals surface area contributed by atoms with Gasteiger partial charge in [0.2, 0.25) is 29.5 Å². The van der Waals surface area contributed by atoms with Gasteiger partial charge < -0.3 is 57.3 Å². The smallest absolute Gasteiger partial charge is 0.336 e. The molecule has 6 atom stereocenters. The second-order valence-electron chi connectivity index (χ2n) is 18.8. The standard InChI is InChI=1S/C49H65N7O12S2/c1-8-48(6,26-49(7,45(67)53-21-27(2)57)25-47(4,5)43(65)54-22-39(61)52-23-40(62)56-36(24-69)28(3)58)44(66)50-16-9-17-51-46(70)55-29-10-13-32(35(18-29)42(63)64)41-33-14-11-30(59)19-37(33)68-38-20-31(60)12-15-34(38)41/h10-15,18-20,27,33,36-37,57,59,69H,8-9,16-17,21-26H2,1-7H3,(H,50,66)(H,52,61)(H,53,67)(H,54,65)(H,56,62)(H,63,64)(H2,51,55,70). The number of nitrogens with one attached hydrogen (secondary N) is 7. The number of rotatable bonds is 24. The van der Waals surface area contributed by atoms with Crippen LogP contribution in [-0.2, 0) is 38.3 Å². The number of Topliss-reactive ketones (excluding diaryl/α,β-unsaturated/α-hetero) is 1. The highest BCUT2D eigenvalue weighted by atomic mass is 32.1. The maximum Gasteiger partial charge on any atom is 0.336 e. The Balaban J connectivity index is 1.35. The summed E-state index contributed by atoms with van der Waals surface area (Å²) in [6.07, 6.45) is 8.21. The number of amides is 5. The minimum atomic E-state index is -1.33. The Labute approximate surface area is 418 Å². The number of anilines is 1. The van der Waals surface area contributed by atoms with Crippen LogP contribution >= 0.6 is 24.8 Å². The second-order valence-corrected chi connectivity index (χ2v) is 19.6. The summed E-state index contributed by atoms with van der Waals surface area (Å²) >= 11 is 9.55. The molecule has 5 amide bonds. The summed E-state index contributed by atoms with van der Waals surface area (Å²) in [6.45, 7) is 10.8. The molecule has 0 saturated carbocycles. The zero-order valence-electron chi connectivity index (χ0n) is 40.4. The van der Waals surface area contributed by atoms with Crippen LogP contribution in [0.1, 0.15) is 90.1 Å². The normalized spacial score (nSPS) is 18.6. The fourth-order valence-electron chi connectivity index (χ4n) is 8.52. The van der Waals surface area contributed by atoms with Gasteiger partial charge in [-0.3, -0.25) is 33.6 Å². The Bertz CT molecular complexity index is 2410. The predicted octanol–water partition coefficient (Wildman–Crippen LogP) is 2.94. The summed E-state index contributed by atoms with van der Waals surface area (Å²) in [5.74, 6) is -4.54. The quantitative estimate of drug-likeness (QED) is 0.0404. The first kappa shape index (κ1) is 56.3. The number of hydrogen-bond acceptors (Lipinski definition) is 13. The molecule has 1 aromatic rings. The lowest BCUT2D eigenvalue weighted by Gasteiger charge is -2.41. The molecule has 1 heterocycles. The number of ketones is 2. The topological polar surface area (TPSA) is 291 Å². The van der Waals surface area contributed by atoms with Crippen molar-refractivity contribution in [3.05, 3.63) is 82.9 Å². The van der Waals surface area contributed by atoms with Gasteiger partial charge in [0.15, 0.2) is 16.7 Å². The Morgan fingerprint density at radius 1 is 0.871 bits per heavy atom.